The highest BCUT2D eigenvalue weighted by Gasteiger charge is 2.41. The van der Waals surface area contributed by atoms with Crippen molar-refractivity contribution in [1.29, 1.82) is 0 Å². The minimum absolute atomic E-state index is 0.170. The molecule has 4 rings (SSSR count). The van der Waals surface area contributed by atoms with Crippen molar-refractivity contribution in [2.75, 3.05) is 6.61 Å². The number of fused-ring (bicyclic) bond motifs is 1. The molecule has 2 heterocycles. The lowest BCUT2D eigenvalue weighted by Crippen LogP contribution is -2.31. The smallest absolute Gasteiger partial charge is 0.416 e. The molecule has 2 atom stereocenters. The number of carbonyl (C=O) groups excluding carboxylic acids is 2. The first-order valence-electron chi connectivity index (χ1n) is 9.42. The highest BCUT2D eigenvalue weighted by Crippen LogP contribution is 2.44. The van der Waals surface area contributed by atoms with Gasteiger partial charge < -0.3 is 9.47 Å². The molecule has 0 saturated carbocycles. The van der Waals surface area contributed by atoms with E-state index in [0.29, 0.717) is 42.3 Å². The first kappa shape index (κ1) is 20.6. The SMILES string of the molecule is CCc1cc(C(F)(F)F)ccc1Oc1ccc2c(c1)OCC[C@H]2C1SC(=O)NC1=O. The van der Waals surface area contributed by atoms with E-state index in [-0.39, 0.29) is 17.1 Å². The summed E-state index contributed by atoms with van der Waals surface area (Å²) in [6, 6.07) is 8.53. The number of aryl methyl sites for hydroxylation is 1. The zero-order chi connectivity index (χ0) is 21.5. The molecule has 1 N–H and O–H groups in total. The standard InChI is InChI=1S/C21H18F3NO4S/c1-2-11-9-12(21(22,23)24)3-6-16(11)29-13-4-5-14-15(7-8-28-17(14)10-13)18-19(26)25-20(27)30-18/h3-6,9-10,15,18H,2,7-8H2,1H3,(H,25,26,27)/t15-,18?/m1/s1. The lowest BCUT2D eigenvalue weighted by atomic mass is 9.89. The molecule has 2 aromatic carbocycles. The van der Waals surface area contributed by atoms with Gasteiger partial charge in [0.2, 0.25) is 5.91 Å². The predicted octanol–water partition coefficient (Wildman–Crippen LogP) is 5.28. The van der Waals surface area contributed by atoms with E-state index < -0.39 is 17.0 Å². The van der Waals surface area contributed by atoms with Crippen LogP contribution in [0.25, 0.3) is 0 Å². The van der Waals surface area contributed by atoms with E-state index in [2.05, 4.69) is 5.32 Å². The van der Waals surface area contributed by atoms with Gasteiger partial charge in [-0.25, -0.2) is 0 Å². The summed E-state index contributed by atoms with van der Waals surface area (Å²) in [6.07, 6.45) is -3.43. The molecular weight excluding hydrogens is 419 g/mol. The second-order valence-electron chi connectivity index (χ2n) is 7.03. The lowest BCUT2D eigenvalue weighted by molar-refractivity contribution is -0.137. The average molecular weight is 437 g/mol. The molecule has 0 bridgehead atoms. The zero-order valence-corrected chi connectivity index (χ0v) is 16.7. The van der Waals surface area contributed by atoms with Crippen LogP contribution >= 0.6 is 11.8 Å². The minimum Gasteiger partial charge on any atom is -0.493 e. The molecular formula is C21H18F3NO4S. The number of imide groups is 1. The van der Waals surface area contributed by atoms with Crippen LogP contribution in [-0.2, 0) is 17.4 Å². The fourth-order valence-corrected chi connectivity index (χ4v) is 4.67. The van der Waals surface area contributed by atoms with Crippen molar-refractivity contribution < 1.29 is 32.2 Å². The van der Waals surface area contributed by atoms with Gasteiger partial charge in [0.05, 0.1) is 12.2 Å². The van der Waals surface area contributed by atoms with Crippen LogP contribution in [-0.4, -0.2) is 23.0 Å². The Morgan fingerprint density at radius 3 is 2.67 bits per heavy atom. The van der Waals surface area contributed by atoms with Crippen LogP contribution in [0.4, 0.5) is 18.0 Å². The molecule has 0 aliphatic carbocycles. The highest BCUT2D eigenvalue weighted by atomic mass is 32.2. The molecule has 1 unspecified atom stereocenters. The highest BCUT2D eigenvalue weighted by molar-refractivity contribution is 8.15. The number of alkyl halides is 3. The molecule has 30 heavy (non-hydrogen) atoms. The fourth-order valence-electron chi connectivity index (χ4n) is 3.67. The summed E-state index contributed by atoms with van der Waals surface area (Å²) in [7, 11) is 0. The van der Waals surface area contributed by atoms with E-state index in [1.54, 1.807) is 25.1 Å². The summed E-state index contributed by atoms with van der Waals surface area (Å²) in [5.74, 6) is 0.830. The van der Waals surface area contributed by atoms with E-state index >= 15 is 0 Å². The second kappa shape index (κ2) is 7.86. The average Bonchev–Trinajstić information content (AvgIpc) is 3.04. The summed E-state index contributed by atoms with van der Waals surface area (Å²) in [4.78, 5) is 23.6. The molecule has 1 saturated heterocycles. The third-order valence-corrected chi connectivity index (χ3v) is 6.26. The number of hydrogen-bond acceptors (Lipinski definition) is 5. The van der Waals surface area contributed by atoms with Crippen molar-refractivity contribution in [1.82, 2.24) is 5.32 Å². The van der Waals surface area contributed by atoms with Gasteiger partial charge in [0.1, 0.15) is 22.5 Å². The Balaban J connectivity index is 1.59. The number of hydrogen-bond donors (Lipinski definition) is 1. The Kier molecular flexibility index (Phi) is 5.40. The third-order valence-electron chi connectivity index (χ3n) is 5.15. The largest absolute Gasteiger partial charge is 0.493 e. The van der Waals surface area contributed by atoms with Crippen LogP contribution in [0.3, 0.4) is 0 Å². The van der Waals surface area contributed by atoms with Crippen molar-refractivity contribution in [3.8, 4) is 17.2 Å². The van der Waals surface area contributed by atoms with Crippen LogP contribution in [0.15, 0.2) is 36.4 Å². The molecule has 2 amide bonds. The number of amides is 2. The Morgan fingerprint density at radius 1 is 1.20 bits per heavy atom. The summed E-state index contributed by atoms with van der Waals surface area (Å²) in [5, 5.41) is 1.45. The Bertz CT molecular complexity index is 1010. The van der Waals surface area contributed by atoms with Crippen molar-refractivity contribution in [2.45, 2.75) is 37.1 Å². The second-order valence-corrected chi connectivity index (χ2v) is 8.15. The van der Waals surface area contributed by atoms with E-state index in [1.165, 1.54) is 6.07 Å². The molecule has 0 spiro atoms. The molecule has 158 valence electrons. The van der Waals surface area contributed by atoms with E-state index in [0.717, 1.165) is 29.5 Å². The van der Waals surface area contributed by atoms with Crippen LogP contribution in [0, 0.1) is 0 Å². The van der Waals surface area contributed by atoms with Crippen molar-refractivity contribution in [2.24, 2.45) is 0 Å². The molecule has 0 radical (unpaired) electrons. The minimum atomic E-state index is -4.41. The summed E-state index contributed by atoms with van der Waals surface area (Å²) in [6.45, 7) is 2.15. The zero-order valence-electron chi connectivity index (χ0n) is 15.9. The number of rotatable bonds is 4. The number of ether oxygens (including phenoxy) is 2. The Labute approximate surface area is 174 Å². The van der Waals surface area contributed by atoms with Crippen molar-refractivity contribution >= 4 is 22.9 Å². The molecule has 2 aliphatic rings. The molecule has 2 aliphatic heterocycles. The van der Waals surface area contributed by atoms with Gasteiger partial charge in [-0.3, -0.25) is 14.9 Å². The van der Waals surface area contributed by atoms with Gasteiger partial charge in [0.25, 0.3) is 5.24 Å². The van der Waals surface area contributed by atoms with Crippen molar-refractivity contribution in [3.63, 3.8) is 0 Å². The summed E-state index contributed by atoms with van der Waals surface area (Å²) in [5.41, 5.74) is 0.531. The van der Waals surface area contributed by atoms with Crippen molar-refractivity contribution in [3.05, 3.63) is 53.1 Å². The van der Waals surface area contributed by atoms with Crippen LogP contribution in [0.5, 0.6) is 17.2 Å². The van der Waals surface area contributed by atoms with Gasteiger partial charge in [-0.15, -0.1) is 0 Å². The number of nitrogens with one attached hydrogen (secondary N) is 1. The fraction of sp³-hybridized carbons (Fsp3) is 0.333. The first-order valence-corrected chi connectivity index (χ1v) is 10.3. The number of thioether (sulfide) groups is 1. The number of benzene rings is 2. The Hall–Kier alpha value is -2.68. The van der Waals surface area contributed by atoms with Gasteiger partial charge in [0, 0.05) is 12.0 Å². The Morgan fingerprint density at radius 2 is 2.00 bits per heavy atom. The summed E-state index contributed by atoms with van der Waals surface area (Å²) >= 11 is 0.981. The first-order chi connectivity index (χ1) is 14.3. The lowest BCUT2D eigenvalue weighted by Gasteiger charge is -2.28. The summed E-state index contributed by atoms with van der Waals surface area (Å²) < 4.78 is 50.4. The van der Waals surface area contributed by atoms with E-state index in [4.69, 9.17) is 9.47 Å². The predicted molar refractivity (Wildman–Crippen MR) is 105 cm³/mol. The van der Waals surface area contributed by atoms with Crippen LogP contribution < -0.4 is 14.8 Å². The quantitative estimate of drug-likeness (QED) is 0.705. The number of carbonyl (C=O) groups is 2. The molecule has 2 aromatic rings. The van der Waals surface area contributed by atoms with Crippen LogP contribution in [0.1, 0.15) is 36.0 Å². The molecule has 0 aromatic heterocycles. The topological polar surface area (TPSA) is 64.6 Å². The van der Waals surface area contributed by atoms with E-state index in [9.17, 15) is 22.8 Å². The van der Waals surface area contributed by atoms with Gasteiger partial charge in [-0.2, -0.15) is 13.2 Å². The molecule has 9 heteroatoms. The van der Waals surface area contributed by atoms with Gasteiger partial charge >= 0.3 is 6.18 Å². The van der Waals surface area contributed by atoms with Crippen LogP contribution in [0.2, 0.25) is 0 Å². The normalized spacial score (nSPS) is 21.1. The maximum absolute atomic E-state index is 13.0. The molecule has 5 nitrogen and oxygen atoms in total. The maximum Gasteiger partial charge on any atom is 0.416 e. The molecule has 1 fully saturated rings. The maximum atomic E-state index is 13.0. The number of halogens is 3. The monoisotopic (exact) mass is 437 g/mol. The van der Waals surface area contributed by atoms with Gasteiger partial charge in [0.15, 0.2) is 0 Å². The third kappa shape index (κ3) is 3.98. The van der Waals surface area contributed by atoms with E-state index in [1.807, 2.05) is 0 Å². The van der Waals surface area contributed by atoms with Gasteiger partial charge in [-0.1, -0.05) is 24.8 Å². The van der Waals surface area contributed by atoms with Gasteiger partial charge in [-0.05, 0) is 48.2 Å².